The fourth-order valence-corrected chi connectivity index (χ4v) is 3.18. The van der Waals surface area contributed by atoms with Gasteiger partial charge < -0.3 is 0 Å². The van der Waals surface area contributed by atoms with Crippen LogP contribution in [-0.2, 0) is 6.42 Å². The molecule has 0 saturated heterocycles. The number of unbranched alkanes of at least 4 members (excludes halogenated alkanes) is 4. The van der Waals surface area contributed by atoms with E-state index in [4.69, 9.17) is 4.98 Å². The third-order valence-corrected chi connectivity index (χ3v) is 4.49. The highest BCUT2D eigenvalue weighted by Gasteiger charge is 2.07. The van der Waals surface area contributed by atoms with Crippen LogP contribution in [0.1, 0.15) is 51.1 Å². The number of nitrogens with zero attached hydrogens (tertiary/aromatic N) is 1. The molecule has 1 aromatic heterocycles. The molecule has 20 heavy (non-hydrogen) atoms. The van der Waals surface area contributed by atoms with Crippen LogP contribution in [0.3, 0.4) is 0 Å². The van der Waals surface area contributed by atoms with Crippen LogP contribution in [0.15, 0.2) is 36.4 Å². The van der Waals surface area contributed by atoms with Crippen molar-refractivity contribution in [3.63, 3.8) is 0 Å². The predicted molar refractivity (Wildman–Crippen MR) is 91.5 cm³/mol. The van der Waals surface area contributed by atoms with Crippen LogP contribution >= 0.6 is 15.9 Å². The summed E-state index contributed by atoms with van der Waals surface area (Å²) in [6.07, 6.45) is 9.03. The van der Waals surface area contributed by atoms with Gasteiger partial charge in [0, 0.05) is 22.3 Å². The molecule has 2 rings (SSSR count). The molecule has 0 saturated carbocycles. The van der Waals surface area contributed by atoms with Crippen molar-refractivity contribution in [2.45, 2.75) is 56.7 Å². The van der Waals surface area contributed by atoms with E-state index >= 15 is 0 Å². The Morgan fingerprint density at radius 1 is 1.00 bits per heavy atom. The zero-order valence-corrected chi connectivity index (χ0v) is 13.9. The molecule has 2 aromatic rings. The molecule has 0 aliphatic rings. The van der Waals surface area contributed by atoms with E-state index in [1.54, 1.807) is 0 Å². The summed E-state index contributed by atoms with van der Waals surface area (Å²) in [5.41, 5.74) is 2.30. The van der Waals surface area contributed by atoms with Gasteiger partial charge in [0.05, 0.1) is 5.52 Å². The second-order valence-corrected chi connectivity index (χ2v) is 6.79. The van der Waals surface area contributed by atoms with E-state index in [2.05, 4.69) is 59.3 Å². The second-order valence-electron chi connectivity index (χ2n) is 5.50. The number of para-hydroxylation sites is 1. The van der Waals surface area contributed by atoms with Gasteiger partial charge >= 0.3 is 0 Å². The van der Waals surface area contributed by atoms with E-state index in [1.807, 2.05) is 0 Å². The Kier molecular flexibility index (Phi) is 6.52. The molecule has 1 aromatic carbocycles. The predicted octanol–water partition coefficient (Wildman–Crippen LogP) is 5.90. The van der Waals surface area contributed by atoms with Crippen molar-refractivity contribution in [1.29, 1.82) is 0 Å². The van der Waals surface area contributed by atoms with E-state index < -0.39 is 0 Å². The average molecular weight is 334 g/mol. The van der Waals surface area contributed by atoms with E-state index in [-0.39, 0.29) is 0 Å². The van der Waals surface area contributed by atoms with Crippen molar-refractivity contribution < 1.29 is 0 Å². The first-order chi connectivity index (χ1) is 9.79. The zero-order chi connectivity index (χ0) is 14.2. The zero-order valence-electron chi connectivity index (χ0n) is 12.3. The number of hydrogen-bond donors (Lipinski definition) is 0. The SMILES string of the molecule is CCCCCCCC(Br)Cc1ccc2ccccc2n1. The molecule has 1 nitrogen and oxygen atoms in total. The van der Waals surface area contributed by atoms with Gasteiger partial charge in [0.2, 0.25) is 0 Å². The minimum Gasteiger partial charge on any atom is -0.253 e. The lowest BCUT2D eigenvalue weighted by Crippen LogP contribution is -2.04. The molecule has 0 radical (unpaired) electrons. The molecule has 2 heteroatoms. The summed E-state index contributed by atoms with van der Waals surface area (Å²) in [5, 5.41) is 1.22. The molecule has 1 heterocycles. The average Bonchev–Trinajstić information content (AvgIpc) is 2.47. The fourth-order valence-electron chi connectivity index (χ4n) is 2.52. The Balaban J connectivity index is 1.81. The number of halogens is 1. The van der Waals surface area contributed by atoms with Gasteiger partial charge in [-0.25, -0.2) is 0 Å². The van der Waals surface area contributed by atoms with Gasteiger partial charge in [-0.15, -0.1) is 0 Å². The third-order valence-electron chi connectivity index (χ3n) is 3.71. The van der Waals surface area contributed by atoms with Crippen LogP contribution in [-0.4, -0.2) is 9.81 Å². The van der Waals surface area contributed by atoms with E-state index in [1.165, 1.54) is 49.6 Å². The number of alkyl halides is 1. The number of rotatable bonds is 8. The maximum Gasteiger partial charge on any atom is 0.0705 e. The highest BCUT2D eigenvalue weighted by Crippen LogP contribution is 2.18. The smallest absolute Gasteiger partial charge is 0.0705 e. The van der Waals surface area contributed by atoms with Crippen LogP contribution in [0.5, 0.6) is 0 Å². The maximum atomic E-state index is 4.74. The Bertz CT molecular complexity index is 524. The van der Waals surface area contributed by atoms with Gasteiger partial charge in [0.15, 0.2) is 0 Å². The second kappa shape index (κ2) is 8.41. The monoisotopic (exact) mass is 333 g/mol. The first-order valence-electron chi connectivity index (χ1n) is 7.78. The normalized spacial score (nSPS) is 12.7. The van der Waals surface area contributed by atoms with Gasteiger partial charge in [0.25, 0.3) is 0 Å². The molecule has 0 bridgehead atoms. The standard InChI is InChI=1S/C18H24BrN/c1-2-3-4-5-6-10-16(19)14-17-13-12-15-9-7-8-11-18(15)20-17/h7-9,11-13,16H,2-6,10,14H2,1H3. The lowest BCUT2D eigenvalue weighted by molar-refractivity contribution is 0.597. The minimum atomic E-state index is 0.554. The molecule has 0 N–H and O–H groups in total. The summed E-state index contributed by atoms with van der Waals surface area (Å²) in [6.45, 7) is 2.26. The van der Waals surface area contributed by atoms with Crippen molar-refractivity contribution in [3.05, 3.63) is 42.1 Å². The van der Waals surface area contributed by atoms with Crippen molar-refractivity contribution in [2.75, 3.05) is 0 Å². The molecule has 1 unspecified atom stereocenters. The molecule has 0 fully saturated rings. The first kappa shape index (κ1) is 15.5. The summed E-state index contributed by atoms with van der Waals surface area (Å²) >= 11 is 3.81. The highest BCUT2D eigenvalue weighted by molar-refractivity contribution is 9.09. The van der Waals surface area contributed by atoms with Gasteiger partial charge in [-0.3, -0.25) is 4.98 Å². The Morgan fingerprint density at radius 3 is 2.65 bits per heavy atom. The lowest BCUT2D eigenvalue weighted by atomic mass is 10.1. The van der Waals surface area contributed by atoms with Crippen LogP contribution in [0.2, 0.25) is 0 Å². The Hall–Kier alpha value is -0.890. The Labute approximate surface area is 130 Å². The van der Waals surface area contributed by atoms with Crippen LogP contribution in [0, 0.1) is 0 Å². The summed E-state index contributed by atoms with van der Waals surface area (Å²) in [5.74, 6) is 0. The molecular formula is C18H24BrN. The molecule has 0 aliphatic carbocycles. The number of pyridine rings is 1. The topological polar surface area (TPSA) is 12.9 Å². The molecule has 0 aliphatic heterocycles. The molecular weight excluding hydrogens is 310 g/mol. The lowest BCUT2D eigenvalue weighted by Gasteiger charge is -2.10. The molecule has 1 atom stereocenters. The van der Waals surface area contributed by atoms with Crippen LogP contribution in [0.4, 0.5) is 0 Å². The summed E-state index contributed by atoms with van der Waals surface area (Å²) in [7, 11) is 0. The van der Waals surface area contributed by atoms with Gasteiger partial charge in [-0.2, -0.15) is 0 Å². The van der Waals surface area contributed by atoms with Crippen LogP contribution < -0.4 is 0 Å². The van der Waals surface area contributed by atoms with E-state index in [0.29, 0.717) is 4.83 Å². The summed E-state index contributed by atoms with van der Waals surface area (Å²) in [4.78, 5) is 5.30. The quantitative estimate of drug-likeness (QED) is 0.432. The third kappa shape index (κ3) is 4.90. The number of aromatic nitrogens is 1. The maximum absolute atomic E-state index is 4.74. The van der Waals surface area contributed by atoms with Gasteiger partial charge in [0.1, 0.15) is 0 Å². The van der Waals surface area contributed by atoms with Crippen molar-refractivity contribution in [3.8, 4) is 0 Å². The molecule has 108 valence electrons. The minimum absolute atomic E-state index is 0.554. The summed E-state index contributed by atoms with van der Waals surface area (Å²) < 4.78 is 0. The number of benzene rings is 1. The highest BCUT2D eigenvalue weighted by atomic mass is 79.9. The largest absolute Gasteiger partial charge is 0.253 e. The van der Waals surface area contributed by atoms with Crippen LogP contribution in [0.25, 0.3) is 10.9 Å². The number of hydrogen-bond acceptors (Lipinski definition) is 1. The van der Waals surface area contributed by atoms with Gasteiger partial charge in [-0.05, 0) is 18.6 Å². The molecule has 0 spiro atoms. The van der Waals surface area contributed by atoms with E-state index in [0.717, 1.165) is 11.9 Å². The number of fused-ring (bicyclic) bond motifs is 1. The fraction of sp³-hybridized carbons (Fsp3) is 0.500. The summed E-state index contributed by atoms with van der Waals surface area (Å²) in [6, 6.07) is 12.7. The Morgan fingerprint density at radius 2 is 1.80 bits per heavy atom. The van der Waals surface area contributed by atoms with Crippen molar-refractivity contribution in [2.24, 2.45) is 0 Å². The van der Waals surface area contributed by atoms with Crippen molar-refractivity contribution >= 4 is 26.8 Å². The van der Waals surface area contributed by atoms with Crippen molar-refractivity contribution in [1.82, 2.24) is 4.98 Å². The van der Waals surface area contributed by atoms with E-state index in [9.17, 15) is 0 Å². The van der Waals surface area contributed by atoms with Gasteiger partial charge in [-0.1, -0.05) is 79.2 Å². The first-order valence-corrected chi connectivity index (χ1v) is 8.70. The molecule has 0 amide bonds.